The van der Waals surface area contributed by atoms with E-state index < -0.39 is 0 Å². The molecule has 5 rings (SSSR count). The fraction of sp³-hybridized carbons (Fsp3) is 0.267. The Balaban J connectivity index is 1.38. The van der Waals surface area contributed by atoms with Gasteiger partial charge in [-0.25, -0.2) is 0 Å². The Morgan fingerprint density at radius 1 is 1.00 bits per heavy atom. The van der Waals surface area contributed by atoms with Gasteiger partial charge in [0.2, 0.25) is 0 Å². The second-order valence-electron chi connectivity index (χ2n) is 9.56. The van der Waals surface area contributed by atoms with Crippen LogP contribution in [0.5, 0.6) is 5.75 Å². The zero-order valence-electron chi connectivity index (χ0n) is 20.2. The number of amides is 2. The van der Waals surface area contributed by atoms with E-state index in [0.29, 0.717) is 23.8 Å². The minimum Gasteiger partial charge on any atom is -0.449 e. The zero-order chi connectivity index (χ0) is 24.4. The molecule has 3 aromatic rings. The van der Waals surface area contributed by atoms with Gasteiger partial charge < -0.3 is 9.64 Å². The summed E-state index contributed by atoms with van der Waals surface area (Å²) >= 11 is 0. The molecule has 0 saturated carbocycles. The minimum absolute atomic E-state index is 0.0688. The summed E-state index contributed by atoms with van der Waals surface area (Å²) in [6.07, 6.45) is 3.85. The number of fused-ring (bicyclic) bond motifs is 1. The number of para-hydroxylation sites is 2. The first-order chi connectivity index (χ1) is 17.0. The van der Waals surface area contributed by atoms with Crippen LogP contribution in [0.1, 0.15) is 46.8 Å². The van der Waals surface area contributed by atoms with Crippen LogP contribution in [0.2, 0.25) is 0 Å². The average Bonchev–Trinajstić information content (AvgIpc) is 2.87. The Labute approximate surface area is 206 Å². The summed E-state index contributed by atoms with van der Waals surface area (Å²) in [6.45, 7) is 6.36. The number of aryl methyl sites for hydroxylation is 1. The van der Waals surface area contributed by atoms with Gasteiger partial charge in [0.25, 0.3) is 11.8 Å². The third-order valence-electron chi connectivity index (χ3n) is 6.78. The van der Waals surface area contributed by atoms with E-state index in [-0.39, 0.29) is 17.6 Å². The molecular weight excluding hydrogens is 436 g/mol. The van der Waals surface area contributed by atoms with Crippen LogP contribution in [0.3, 0.4) is 0 Å². The lowest BCUT2D eigenvalue weighted by atomic mass is 9.98. The van der Waals surface area contributed by atoms with Crippen molar-refractivity contribution in [2.45, 2.75) is 33.2 Å². The number of rotatable bonds is 4. The standard InChI is InChI=1S/C30H30N2O3/c1-21-14-16-31(17-15-21)29(33)25-12-10-23(11-13-25)19-28-30(34)32(20-24-7-5-6-22(2)18-24)26-8-3-4-9-27(26)35-28/h3-13,18-19,21H,14-17,20H2,1-2H3/b28-19+. The molecule has 0 radical (unpaired) electrons. The van der Waals surface area contributed by atoms with Crippen molar-refractivity contribution in [3.8, 4) is 5.75 Å². The quantitative estimate of drug-likeness (QED) is 0.454. The maximum Gasteiger partial charge on any atom is 0.294 e. The largest absolute Gasteiger partial charge is 0.449 e. The smallest absolute Gasteiger partial charge is 0.294 e. The average molecular weight is 467 g/mol. The molecule has 5 nitrogen and oxygen atoms in total. The molecule has 3 aromatic carbocycles. The highest BCUT2D eigenvalue weighted by Crippen LogP contribution is 2.36. The molecule has 0 N–H and O–H groups in total. The molecule has 2 aliphatic rings. The van der Waals surface area contributed by atoms with Crippen LogP contribution in [0.15, 0.2) is 78.6 Å². The topological polar surface area (TPSA) is 49.9 Å². The van der Waals surface area contributed by atoms with Gasteiger partial charge in [0, 0.05) is 18.7 Å². The molecule has 0 aromatic heterocycles. The van der Waals surface area contributed by atoms with Crippen molar-refractivity contribution in [3.63, 3.8) is 0 Å². The molecule has 35 heavy (non-hydrogen) atoms. The number of ether oxygens (including phenoxy) is 1. The van der Waals surface area contributed by atoms with Gasteiger partial charge >= 0.3 is 0 Å². The Morgan fingerprint density at radius 2 is 1.74 bits per heavy atom. The van der Waals surface area contributed by atoms with Gasteiger partial charge in [-0.1, -0.05) is 61.0 Å². The van der Waals surface area contributed by atoms with E-state index in [1.54, 1.807) is 11.0 Å². The molecule has 0 unspecified atom stereocenters. The van der Waals surface area contributed by atoms with Crippen molar-refractivity contribution < 1.29 is 14.3 Å². The van der Waals surface area contributed by atoms with Crippen LogP contribution in [-0.4, -0.2) is 29.8 Å². The van der Waals surface area contributed by atoms with Crippen molar-refractivity contribution in [1.82, 2.24) is 4.90 Å². The first kappa shape index (κ1) is 22.9. The SMILES string of the molecule is Cc1cccc(CN2C(=O)/C(=C\c3ccc(C(=O)N4CCC(C)CC4)cc3)Oc3ccccc32)c1. The molecule has 2 aliphatic heterocycles. The fourth-order valence-electron chi connectivity index (χ4n) is 4.68. The highest BCUT2D eigenvalue weighted by Gasteiger charge is 2.30. The van der Waals surface area contributed by atoms with Crippen LogP contribution in [-0.2, 0) is 11.3 Å². The second kappa shape index (κ2) is 9.79. The summed E-state index contributed by atoms with van der Waals surface area (Å²) in [6, 6.07) is 23.2. The predicted molar refractivity (Wildman–Crippen MR) is 138 cm³/mol. The number of benzene rings is 3. The van der Waals surface area contributed by atoms with Crippen LogP contribution in [0.25, 0.3) is 6.08 Å². The van der Waals surface area contributed by atoms with Gasteiger partial charge in [0.1, 0.15) is 0 Å². The summed E-state index contributed by atoms with van der Waals surface area (Å²) in [4.78, 5) is 30.0. The van der Waals surface area contributed by atoms with Gasteiger partial charge in [-0.05, 0) is 67.2 Å². The van der Waals surface area contributed by atoms with Gasteiger partial charge in [0.05, 0.1) is 12.2 Å². The van der Waals surface area contributed by atoms with Crippen molar-refractivity contribution in [3.05, 3.63) is 101 Å². The molecule has 2 amide bonds. The van der Waals surface area contributed by atoms with E-state index in [1.165, 1.54) is 0 Å². The van der Waals surface area contributed by atoms with E-state index in [1.807, 2.05) is 78.6 Å². The second-order valence-corrected chi connectivity index (χ2v) is 9.56. The van der Waals surface area contributed by atoms with Crippen molar-refractivity contribution in [2.75, 3.05) is 18.0 Å². The summed E-state index contributed by atoms with van der Waals surface area (Å²) in [5.41, 5.74) is 4.45. The molecule has 1 saturated heterocycles. The van der Waals surface area contributed by atoms with E-state index in [0.717, 1.165) is 48.3 Å². The Bertz CT molecular complexity index is 1270. The molecule has 0 atom stereocenters. The van der Waals surface area contributed by atoms with Gasteiger partial charge in [-0.2, -0.15) is 0 Å². The summed E-state index contributed by atoms with van der Waals surface area (Å²) < 4.78 is 6.02. The van der Waals surface area contributed by atoms with E-state index in [4.69, 9.17) is 4.74 Å². The van der Waals surface area contributed by atoms with Gasteiger partial charge in [-0.15, -0.1) is 0 Å². The van der Waals surface area contributed by atoms with Gasteiger partial charge in [-0.3, -0.25) is 14.5 Å². The number of carbonyl (C=O) groups is 2. The molecule has 0 spiro atoms. The molecule has 1 fully saturated rings. The minimum atomic E-state index is -0.187. The lowest BCUT2D eigenvalue weighted by Gasteiger charge is -2.31. The Kier molecular flexibility index (Phi) is 6.41. The Morgan fingerprint density at radius 3 is 2.49 bits per heavy atom. The van der Waals surface area contributed by atoms with Crippen molar-refractivity contribution >= 4 is 23.6 Å². The van der Waals surface area contributed by atoms with Gasteiger partial charge in [0.15, 0.2) is 11.5 Å². The third-order valence-corrected chi connectivity index (χ3v) is 6.78. The molecule has 0 aliphatic carbocycles. The monoisotopic (exact) mass is 466 g/mol. The number of hydrogen-bond donors (Lipinski definition) is 0. The fourth-order valence-corrected chi connectivity index (χ4v) is 4.68. The summed E-state index contributed by atoms with van der Waals surface area (Å²) in [5.74, 6) is 1.47. The maximum absolute atomic E-state index is 13.5. The van der Waals surface area contributed by atoms with Crippen LogP contribution < -0.4 is 9.64 Å². The lowest BCUT2D eigenvalue weighted by molar-refractivity contribution is -0.117. The first-order valence-electron chi connectivity index (χ1n) is 12.2. The molecular formula is C30H30N2O3. The molecule has 0 bridgehead atoms. The highest BCUT2D eigenvalue weighted by molar-refractivity contribution is 6.09. The summed E-state index contributed by atoms with van der Waals surface area (Å²) in [7, 11) is 0. The van der Waals surface area contributed by atoms with Crippen molar-refractivity contribution in [2.24, 2.45) is 5.92 Å². The lowest BCUT2D eigenvalue weighted by Crippen LogP contribution is -2.37. The normalized spacial score (nSPS) is 17.3. The molecule has 2 heterocycles. The van der Waals surface area contributed by atoms with Crippen LogP contribution in [0, 0.1) is 12.8 Å². The van der Waals surface area contributed by atoms with Crippen LogP contribution >= 0.6 is 0 Å². The van der Waals surface area contributed by atoms with E-state index in [2.05, 4.69) is 13.0 Å². The number of nitrogens with zero attached hydrogens (tertiary/aromatic N) is 2. The number of hydrogen-bond acceptors (Lipinski definition) is 3. The highest BCUT2D eigenvalue weighted by atomic mass is 16.5. The first-order valence-corrected chi connectivity index (χ1v) is 12.2. The number of likely N-dealkylation sites (tertiary alicyclic amines) is 1. The summed E-state index contributed by atoms with van der Waals surface area (Å²) in [5, 5.41) is 0. The third kappa shape index (κ3) is 4.99. The zero-order valence-corrected chi connectivity index (χ0v) is 20.2. The number of anilines is 1. The van der Waals surface area contributed by atoms with Crippen LogP contribution in [0.4, 0.5) is 5.69 Å². The van der Waals surface area contributed by atoms with Crippen molar-refractivity contribution in [1.29, 1.82) is 0 Å². The number of piperidine rings is 1. The number of carbonyl (C=O) groups excluding carboxylic acids is 2. The van der Waals surface area contributed by atoms with E-state index >= 15 is 0 Å². The Hall–Kier alpha value is -3.86. The molecule has 178 valence electrons. The van der Waals surface area contributed by atoms with E-state index in [9.17, 15) is 9.59 Å². The molecule has 5 heteroatoms. The maximum atomic E-state index is 13.5. The predicted octanol–water partition coefficient (Wildman–Crippen LogP) is 5.83.